The molecule has 0 unspecified atom stereocenters. The molecule has 18 aromatic carbocycles. The zero-order chi connectivity index (χ0) is 63.7. The van der Waals surface area contributed by atoms with Crippen molar-refractivity contribution in [1.29, 1.82) is 0 Å². The van der Waals surface area contributed by atoms with E-state index in [-0.39, 0.29) is 0 Å². The highest BCUT2D eigenvalue weighted by atomic mass is 15.1. The molecule has 18 rings (SSSR count). The summed E-state index contributed by atoms with van der Waals surface area (Å²) < 4.78 is 0. The van der Waals surface area contributed by atoms with Gasteiger partial charge in [-0.1, -0.05) is 328 Å². The maximum atomic E-state index is 2.39. The van der Waals surface area contributed by atoms with Crippen molar-refractivity contribution < 1.29 is 0 Å². The molecular formula is C94H64N2. The Kier molecular flexibility index (Phi) is 15.0. The third-order valence-electron chi connectivity index (χ3n) is 19.1. The second kappa shape index (κ2) is 25.1. The molecule has 0 amide bonds. The summed E-state index contributed by atoms with van der Waals surface area (Å²) in [5.74, 6) is 0. The Hall–Kier alpha value is -12.6. The van der Waals surface area contributed by atoms with Crippen LogP contribution in [0.15, 0.2) is 388 Å². The molecular weight excluding hydrogens is 1160 g/mol. The van der Waals surface area contributed by atoms with E-state index in [0.717, 1.165) is 34.1 Å². The fourth-order valence-electron chi connectivity index (χ4n) is 14.8. The van der Waals surface area contributed by atoms with E-state index in [1.165, 1.54) is 131 Å². The molecule has 0 spiro atoms. The van der Waals surface area contributed by atoms with Gasteiger partial charge in [-0.2, -0.15) is 0 Å². The van der Waals surface area contributed by atoms with Gasteiger partial charge in [0.25, 0.3) is 0 Å². The molecule has 0 heterocycles. The molecule has 450 valence electrons. The fraction of sp³-hybridized carbons (Fsp3) is 0. The van der Waals surface area contributed by atoms with Gasteiger partial charge in [-0.25, -0.2) is 0 Å². The quantitative estimate of drug-likeness (QED) is 0.0941. The van der Waals surface area contributed by atoms with Crippen molar-refractivity contribution in [3.8, 4) is 55.6 Å². The molecule has 96 heavy (non-hydrogen) atoms. The highest BCUT2D eigenvalue weighted by molar-refractivity contribution is 6.30. The van der Waals surface area contributed by atoms with E-state index in [9.17, 15) is 0 Å². The highest BCUT2D eigenvalue weighted by Gasteiger charge is 2.25. The SMILES string of the molecule is c1ccc(-c2ccc(-c3c4ccccc4c(-c4c5ccccc5c(-c5ccc(-c6ccccc6)cc5)c5ccccc45)c4ccccc34)cc2)cc1.c1ccc(N(c2ccccc2)c2cc3c4ccccc4c(N(c4ccccc4)c4ccccc4)cc3c3ccccc23)cc1. The molecule has 2 heteroatoms. The van der Waals surface area contributed by atoms with Crippen LogP contribution >= 0.6 is 0 Å². The number of fused-ring (bicyclic) bond motifs is 9. The lowest BCUT2D eigenvalue weighted by atomic mass is 9.81. The summed E-state index contributed by atoms with van der Waals surface area (Å²) in [5, 5.41) is 17.4. The predicted molar refractivity (Wildman–Crippen MR) is 412 cm³/mol. The first-order valence-electron chi connectivity index (χ1n) is 33.1. The number of nitrogens with zero attached hydrogens (tertiary/aromatic N) is 2. The Morgan fingerprint density at radius 1 is 0.125 bits per heavy atom. The van der Waals surface area contributed by atoms with Gasteiger partial charge in [0.1, 0.15) is 0 Å². The van der Waals surface area contributed by atoms with Gasteiger partial charge in [0.15, 0.2) is 0 Å². The molecule has 0 saturated carbocycles. The van der Waals surface area contributed by atoms with Crippen molar-refractivity contribution in [3.63, 3.8) is 0 Å². The first kappa shape index (κ1) is 57.3. The van der Waals surface area contributed by atoms with E-state index in [2.05, 4.69) is 398 Å². The molecule has 18 aromatic rings. The van der Waals surface area contributed by atoms with Crippen LogP contribution in [0.4, 0.5) is 34.1 Å². The van der Waals surface area contributed by atoms with Gasteiger partial charge in [0.2, 0.25) is 0 Å². The van der Waals surface area contributed by atoms with Crippen molar-refractivity contribution in [2.75, 3.05) is 9.80 Å². The van der Waals surface area contributed by atoms with E-state index in [1.807, 2.05) is 0 Å². The molecule has 0 aromatic heterocycles. The Labute approximate surface area is 559 Å². The van der Waals surface area contributed by atoms with Crippen molar-refractivity contribution in [1.82, 2.24) is 0 Å². The van der Waals surface area contributed by atoms with Crippen molar-refractivity contribution in [2.45, 2.75) is 0 Å². The molecule has 0 N–H and O–H groups in total. The molecule has 0 radical (unpaired) electrons. The predicted octanol–water partition coefficient (Wildman–Crippen LogP) is 26.7. The highest BCUT2D eigenvalue weighted by Crippen LogP contribution is 2.52. The van der Waals surface area contributed by atoms with Crippen LogP contribution in [0.5, 0.6) is 0 Å². The lowest BCUT2D eigenvalue weighted by molar-refractivity contribution is 1.30. The molecule has 2 nitrogen and oxygen atoms in total. The molecule has 0 fully saturated rings. The molecule has 0 aliphatic carbocycles. The number of para-hydroxylation sites is 4. The van der Waals surface area contributed by atoms with Crippen LogP contribution in [0.1, 0.15) is 0 Å². The summed E-state index contributed by atoms with van der Waals surface area (Å²) in [6.07, 6.45) is 0. The zero-order valence-electron chi connectivity index (χ0n) is 52.8. The Bertz CT molecular complexity index is 5280. The van der Waals surface area contributed by atoms with Gasteiger partial charge < -0.3 is 9.80 Å². The standard InChI is InChI=1S/C52H34.C42H30N2/c1-3-15-35(16-4-1)37-27-31-39(32-28-37)49-41-19-7-11-23-45(41)51(46-24-12-8-20-42(46)49)52-47-25-13-9-21-43(47)50(44-22-10-14-26-48(44)52)40-33-29-38(30-34-40)36-17-5-2-6-18-36;1-5-17-31(18-6-1)43(32-19-7-2-8-20-32)41-29-39-36-26-14-16-28-38(36)42(30-40(39)35-25-13-15-27-37(35)41)44(33-21-9-3-10-22-33)34-23-11-4-12-24-34/h1-34H;1-30H. The first-order chi connectivity index (χ1) is 47.7. The lowest BCUT2D eigenvalue weighted by Gasteiger charge is -2.29. The summed E-state index contributed by atoms with van der Waals surface area (Å²) in [7, 11) is 0. The normalized spacial score (nSPS) is 11.3. The maximum Gasteiger partial charge on any atom is 0.0546 e. The number of rotatable bonds is 11. The van der Waals surface area contributed by atoms with Crippen molar-refractivity contribution in [3.05, 3.63) is 388 Å². The van der Waals surface area contributed by atoms with E-state index < -0.39 is 0 Å². The number of hydrogen-bond donors (Lipinski definition) is 0. The van der Waals surface area contributed by atoms with E-state index in [1.54, 1.807) is 0 Å². The van der Waals surface area contributed by atoms with E-state index in [0.29, 0.717) is 0 Å². The average molecular weight is 1220 g/mol. The number of hydrogen-bond acceptors (Lipinski definition) is 2. The lowest BCUT2D eigenvalue weighted by Crippen LogP contribution is -2.11. The van der Waals surface area contributed by atoms with Gasteiger partial charge in [0, 0.05) is 33.5 Å². The maximum absolute atomic E-state index is 2.39. The fourth-order valence-corrected chi connectivity index (χ4v) is 14.8. The molecule has 0 saturated heterocycles. The number of benzene rings is 18. The van der Waals surface area contributed by atoms with Gasteiger partial charge in [-0.15, -0.1) is 0 Å². The van der Waals surface area contributed by atoms with Gasteiger partial charge in [-0.05, 0) is 181 Å². The molecule has 0 bridgehead atoms. The summed E-state index contributed by atoms with van der Waals surface area (Å²) >= 11 is 0. The molecule has 0 atom stereocenters. The van der Waals surface area contributed by atoms with Gasteiger partial charge >= 0.3 is 0 Å². The third-order valence-corrected chi connectivity index (χ3v) is 19.1. The zero-order valence-corrected chi connectivity index (χ0v) is 52.8. The Balaban J connectivity index is 0.000000147. The third kappa shape index (κ3) is 10.4. The summed E-state index contributed by atoms with van der Waals surface area (Å²) in [6, 6.07) is 140. The molecule has 0 aliphatic rings. The van der Waals surface area contributed by atoms with Crippen LogP contribution < -0.4 is 9.80 Å². The minimum Gasteiger partial charge on any atom is -0.310 e. The van der Waals surface area contributed by atoms with Gasteiger partial charge in [-0.3, -0.25) is 0 Å². The Morgan fingerprint density at radius 3 is 0.573 bits per heavy atom. The largest absolute Gasteiger partial charge is 0.310 e. The van der Waals surface area contributed by atoms with Crippen LogP contribution in [0.3, 0.4) is 0 Å². The second-order valence-corrected chi connectivity index (χ2v) is 24.6. The van der Waals surface area contributed by atoms with Crippen LogP contribution in [0.2, 0.25) is 0 Å². The monoisotopic (exact) mass is 1220 g/mol. The summed E-state index contributed by atoms with van der Waals surface area (Å²) in [6.45, 7) is 0. The topological polar surface area (TPSA) is 6.48 Å². The smallest absolute Gasteiger partial charge is 0.0546 e. The van der Waals surface area contributed by atoms with Crippen LogP contribution in [0, 0.1) is 0 Å². The number of anilines is 6. The Morgan fingerprint density at radius 2 is 0.312 bits per heavy atom. The summed E-state index contributed by atoms with van der Waals surface area (Å²) in [4.78, 5) is 4.76. The average Bonchev–Trinajstić information content (AvgIpc) is 0.722. The van der Waals surface area contributed by atoms with E-state index >= 15 is 0 Å². The van der Waals surface area contributed by atoms with Crippen LogP contribution in [-0.4, -0.2) is 0 Å². The molecule has 0 aliphatic heterocycles. The second-order valence-electron chi connectivity index (χ2n) is 24.6. The van der Waals surface area contributed by atoms with Crippen LogP contribution in [-0.2, 0) is 0 Å². The van der Waals surface area contributed by atoms with E-state index in [4.69, 9.17) is 0 Å². The van der Waals surface area contributed by atoms with Crippen molar-refractivity contribution >= 4 is 110 Å². The minimum absolute atomic E-state index is 1.13. The summed E-state index contributed by atoms with van der Waals surface area (Å²) in [5.41, 5.74) is 19.3. The first-order valence-corrected chi connectivity index (χ1v) is 33.1. The van der Waals surface area contributed by atoms with Gasteiger partial charge in [0.05, 0.1) is 11.4 Å². The van der Waals surface area contributed by atoms with Crippen LogP contribution in [0.25, 0.3) is 131 Å². The van der Waals surface area contributed by atoms with Crippen molar-refractivity contribution in [2.24, 2.45) is 0 Å². The minimum atomic E-state index is 1.13.